The van der Waals surface area contributed by atoms with Crippen LogP contribution in [-0.4, -0.2) is 36.9 Å². The number of carbonyl (C=O) groups is 2. The number of anilines is 1. The van der Waals surface area contributed by atoms with Gasteiger partial charge in [-0.05, 0) is 48.1 Å². The molecule has 0 unspecified atom stereocenters. The number of nitrogens with zero attached hydrogens (tertiary/aromatic N) is 1. The number of methoxy groups -OCH3 is 1. The van der Waals surface area contributed by atoms with Gasteiger partial charge in [0.1, 0.15) is 17.1 Å². The molecule has 0 aromatic heterocycles. The van der Waals surface area contributed by atoms with Crippen molar-refractivity contribution in [1.29, 1.82) is 0 Å². The third kappa shape index (κ3) is 4.81. The van der Waals surface area contributed by atoms with Gasteiger partial charge in [0, 0.05) is 18.8 Å². The van der Waals surface area contributed by atoms with E-state index in [0.29, 0.717) is 19.4 Å². The molecule has 3 rings (SSSR count). The van der Waals surface area contributed by atoms with E-state index in [1.807, 2.05) is 24.3 Å². The minimum Gasteiger partial charge on any atom is -0.496 e. The number of amides is 2. The van der Waals surface area contributed by atoms with Gasteiger partial charge in [-0.15, -0.1) is 0 Å². The third-order valence-corrected chi connectivity index (χ3v) is 5.48. The number of nitrogens with one attached hydrogen (secondary N) is 1. The maximum atomic E-state index is 14.3. The zero-order chi connectivity index (χ0) is 21.9. The first kappa shape index (κ1) is 21.8. The minimum absolute atomic E-state index is 0.0202. The topological polar surface area (TPSA) is 58.6 Å². The van der Waals surface area contributed by atoms with Crippen molar-refractivity contribution in [3.05, 3.63) is 59.4 Å². The summed E-state index contributed by atoms with van der Waals surface area (Å²) in [5.74, 6) is -1.34. The highest BCUT2D eigenvalue weighted by Crippen LogP contribution is 2.28. The second-order valence-corrected chi connectivity index (χ2v) is 8.73. The Bertz CT molecular complexity index is 936. The Hall–Kier alpha value is -2.89. The van der Waals surface area contributed by atoms with E-state index in [1.165, 1.54) is 19.2 Å². The van der Waals surface area contributed by atoms with E-state index in [9.17, 15) is 14.0 Å². The average molecular weight is 413 g/mol. The molecule has 1 heterocycles. The fraction of sp³-hybridized carbons (Fsp3) is 0.417. The molecule has 1 N–H and O–H groups in total. The van der Waals surface area contributed by atoms with Gasteiger partial charge in [0.25, 0.3) is 5.91 Å². The normalized spacial score (nSPS) is 16.8. The summed E-state index contributed by atoms with van der Waals surface area (Å²) in [5, 5.41) is 2.98. The molecule has 1 aliphatic rings. The molecule has 5 nitrogen and oxygen atoms in total. The molecule has 160 valence electrons. The molecular formula is C24H29FN2O3. The number of hydrogen-bond donors (Lipinski definition) is 1. The van der Waals surface area contributed by atoms with Gasteiger partial charge in [0.15, 0.2) is 0 Å². The van der Waals surface area contributed by atoms with Crippen molar-refractivity contribution in [2.45, 2.75) is 39.0 Å². The molecule has 1 fully saturated rings. The van der Waals surface area contributed by atoms with E-state index >= 15 is 0 Å². The first-order chi connectivity index (χ1) is 14.2. The van der Waals surface area contributed by atoms with Crippen molar-refractivity contribution in [2.24, 2.45) is 5.92 Å². The highest BCUT2D eigenvalue weighted by atomic mass is 19.1. The maximum Gasteiger partial charge on any atom is 0.260 e. The number of piperidine rings is 1. The fourth-order valence-electron chi connectivity index (χ4n) is 3.72. The molecule has 1 saturated heterocycles. The first-order valence-electron chi connectivity index (χ1n) is 10.2. The van der Waals surface area contributed by atoms with Gasteiger partial charge >= 0.3 is 0 Å². The summed E-state index contributed by atoms with van der Waals surface area (Å²) in [5.41, 5.74) is 1.77. The second kappa shape index (κ2) is 8.86. The quantitative estimate of drug-likeness (QED) is 0.797. The van der Waals surface area contributed by atoms with Crippen LogP contribution in [0, 0.1) is 11.7 Å². The highest BCUT2D eigenvalue weighted by molar-refractivity contribution is 5.98. The van der Waals surface area contributed by atoms with Crippen LogP contribution < -0.4 is 10.1 Å². The lowest BCUT2D eigenvalue weighted by atomic mass is 9.87. The van der Waals surface area contributed by atoms with Crippen LogP contribution in [-0.2, 0) is 10.2 Å². The predicted octanol–water partition coefficient (Wildman–Crippen LogP) is 4.62. The largest absolute Gasteiger partial charge is 0.496 e. The van der Waals surface area contributed by atoms with Gasteiger partial charge < -0.3 is 15.0 Å². The van der Waals surface area contributed by atoms with Crippen molar-refractivity contribution >= 4 is 17.5 Å². The molecule has 0 saturated carbocycles. The zero-order valence-electron chi connectivity index (χ0n) is 18.0. The Morgan fingerprint density at radius 1 is 1.17 bits per heavy atom. The summed E-state index contributed by atoms with van der Waals surface area (Å²) >= 11 is 0. The number of likely N-dealkylation sites (tertiary alicyclic amines) is 1. The second-order valence-electron chi connectivity index (χ2n) is 8.73. The summed E-state index contributed by atoms with van der Waals surface area (Å²) in [6.07, 6.45) is 1.37. The van der Waals surface area contributed by atoms with E-state index in [0.717, 1.165) is 11.3 Å². The van der Waals surface area contributed by atoms with E-state index in [1.54, 1.807) is 11.0 Å². The van der Waals surface area contributed by atoms with E-state index in [-0.39, 0.29) is 35.1 Å². The maximum absolute atomic E-state index is 14.3. The molecular weight excluding hydrogens is 383 g/mol. The van der Waals surface area contributed by atoms with Crippen molar-refractivity contribution in [1.82, 2.24) is 4.90 Å². The summed E-state index contributed by atoms with van der Waals surface area (Å²) in [6.45, 7) is 7.10. The Balaban J connectivity index is 1.72. The molecule has 2 amide bonds. The number of halogens is 1. The number of rotatable bonds is 4. The molecule has 6 heteroatoms. The van der Waals surface area contributed by atoms with Crippen molar-refractivity contribution in [3.8, 4) is 5.75 Å². The lowest BCUT2D eigenvalue weighted by molar-refractivity contribution is -0.121. The molecule has 2 aromatic carbocycles. The lowest BCUT2D eigenvalue weighted by Crippen LogP contribution is -2.44. The highest BCUT2D eigenvalue weighted by Gasteiger charge is 2.31. The van der Waals surface area contributed by atoms with Crippen LogP contribution in [0.1, 0.15) is 49.5 Å². The Morgan fingerprint density at radius 3 is 2.60 bits per heavy atom. The molecule has 0 spiro atoms. The van der Waals surface area contributed by atoms with Gasteiger partial charge in [0.2, 0.25) is 5.91 Å². The van der Waals surface area contributed by atoms with Crippen LogP contribution in [0.3, 0.4) is 0 Å². The SMILES string of the molecule is COc1cccc(F)c1C(=O)N1CCC[C@H](C(=O)Nc2cccc(C(C)(C)C)c2)C1. The molecule has 0 bridgehead atoms. The Morgan fingerprint density at radius 2 is 1.90 bits per heavy atom. The summed E-state index contributed by atoms with van der Waals surface area (Å²) < 4.78 is 19.5. The number of hydrogen-bond acceptors (Lipinski definition) is 3. The van der Waals surface area contributed by atoms with Crippen LogP contribution >= 0.6 is 0 Å². The van der Waals surface area contributed by atoms with Gasteiger partial charge in [-0.25, -0.2) is 4.39 Å². The molecule has 0 radical (unpaired) electrons. The van der Waals surface area contributed by atoms with Crippen LogP contribution in [0.4, 0.5) is 10.1 Å². The smallest absolute Gasteiger partial charge is 0.260 e. The third-order valence-electron chi connectivity index (χ3n) is 5.48. The van der Waals surface area contributed by atoms with E-state index in [4.69, 9.17) is 4.74 Å². The molecule has 0 aliphatic carbocycles. The number of benzene rings is 2. The average Bonchev–Trinajstić information content (AvgIpc) is 2.72. The standard InChI is InChI=1S/C24H29FN2O3/c1-24(2,3)17-9-5-10-18(14-17)26-22(28)16-8-7-13-27(15-16)23(29)21-19(25)11-6-12-20(21)30-4/h5-6,9-12,14,16H,7-8,13,15H2,1-4H3,(H,26,28)/t16-/m0/s1. The predicted molar refractivity (Wildman–Crippen MR) is 115 cm³/mol. The summed E-state index contributed by atoms with van der Waals surface area (Å²) in [7, 11) is 1.41. The molecule has 1 atom stereocenters. The summed E-state index contributed by atoms with van der Waals surface area (Å²) in [6, 6.07) is 12.1. The Kier molecular flexibility index (Phi) is 6.44. The van der Waals surface area contributed by atoms with Gasteiger partial charge in [-0.2, -0.15) is 0 Å². The van der Waals surface area contributed by atoms with Crippen molar-refractivity contribution in [2.75, 3.05) is 25.5 Å². The zero-order valence-corrected chi connectivity index (χ0v) is 18.0. The van der Waals surface area contributed by atoms with E-state index in [2.05, 4.69) is 26.1 Å². The molecule has 2 aromatic rings. The van der Waals surface area contributed by atoms with Crippen molar-refractivity contribution < 1.29 is 18.7 Å². The van der Waals surface area contributed by atoms with Crippen LogP contribution in [0.5, 0.6) is 5.75 Å². The van der Waals surface area contributed by atoms with Crippen LogP contribution in [0.25, 0.3) is 0 Å². The monoisotopic (exact) mass is 412 g/mol. The minimum atomic E-state index is -0.620. The first-order valence-corrected chi connectivity index (χ1v) is 10.2. The van der Waals surface area contributed by atoms with Gasteiger partial charge in [-0.1, -0.05) is 39.0 Å². The van der Waals surface area contributed by atoms with Crippen molar-refractivity contribution in [3.63, 3.8) is 0 Å². The molecule has 1 aliphatic heterocycles. The lowest BCUT2D eigenvalue weighted by Gasteiger charge is -2.32. The Labute approximate surface area is 177 Å². The van der Waals surface area contributed by atoms with Crippen LogP contribution in [0.2, 0.25) is 0 Å². The number of ether oxygens (including phenoxy) is 1. The molecule has 30 heavy (non-hydrogen) atoms. The van der Waals surface area contributed by atoms with Gasteiger partial charge in [-0.3, -0.25) is 9.59 Å². The van der Waals surface area contributed by atoms with Crippen LogP contribution in [0.15, 0.2) is 42.5 Å². The number of carbonyl (C=O) groups excluding carboxylic acids is 2. The van der Waals surface area contributed by atoms with E-state index < -0.39 is 11.7 Å². The summed E-state index contributed by atoms with van der Waals surface area (Å²) in [4.78, 5) is 27.4. The van der Waals surface area contributed by atoms with Gasteiger partial charge in [0.05, 0.1) is 13.0 Å². The fourth-order valence-corrected chi connectivity index (χ4v) is 3.72.